The minimum atomic E-state index is -0.180. The van der Waals surface area contributed by atoms with Gasteiger partial charge in [-0.05, 0) is 0 Å². The minimum absolute atomic E-state index is 0.0833. The van der Waals surface area contributed by atoms with Crippen LogP contribution >= 0.6 is 0 Å². The molecular formula is C7H12N2O. The lowest BCUT2D eigenvalue weighted by Gasteiger charge is -2.36. The molecule has 2 N–H and O–H groups in total. The molecule has 0 unspecified atom stereocenters. The first-order valence-corrected chi connectivity index (χ1v) is 3.36. The minimum Gasteiger partial charge on any atom is -0.369 e. The molecule has 1 aliphatic heterocycles. The van der Waals surface area contributed by atoms with Gasteiger partial charge in [0, 0.05) is 19.6 Å². The fraction of sp³-hybridized carbons (Fsp3) is 0.571. The number of hydrogen-bond acceptors (Lipinski definition) is 2. The van der Waals surface area contributed by atoms with E-state index < -0.39 is 0 Å². The third kappa shape index (κ3) is 1.36. The second kappa shape index (κ2) is 2.84. The summed E-state index contributed by atoms with van der Waals surface area (Å²) in [5, 5.41) is 0. The molecule has 1 saturated heterocycles. The fourth-order valence-corrected chi connectivity index (χ4v) is 1.08. The van der Waals surface area contributed by atoms with Crippen LogP contribution in [0.5, 0.6) is 0 Å². The highest BCUT2D eigenvalue weighted by molar-refractivity contribution is 5.78. The first-order valence-electron chi connectivity index (χ1n) is 3.36. The van der Waals surface area contributed by atoms with E-state index in [9.17, 15) is 4.79 Å². The van der Waals surface area contributed by atoms with Crippen molar-refractivity contribution in [2.75, 3.05) is 19.6 Å². The topological polar surface area (TPSA) is 46.3 Å². The second-order valence-electron chi connectivity index (χ2n) is 2.61. The predicted octanol–water partition coefficient (Wildman–Crippen LogP) is -0.410. The summed E-state index contributed by atoms with van der Waals surface area (Å²) in [5.41, 5.74) is 5.06. The Hall–Kier alpha value is -0.830. The van der Waals surface area contributed by atoms with Crippen LogP contribution in [0, 0.1) is 5.92 Å². The normalized spacial score (nSPS) is 20.0. The number of carbonyl (C=O) groups excluding carboxylic acids is 1. The van der Waals surface area contributed by atoms with E-state index in [1.54, 1.807) is 0 Å². The van der Waals surface area contributed by atoms with Gasteiger partial charge in [0.1, 0.15) is 0 Å². The van der Waals surface area contributed by atoms with E-state index in [0.29, 0.717) is 0 Å². The van der Waals surface area contributed by atoms with Crippen LogP contribution in [0.15, 0.2) is 12.7 Å². The fourth-order valence-electron chi connectivity index (χ4n) is 1.08. The van der Waals surface area contributed by atoms with E-state index in [1.807, 2.05) is 6.08 Å². The molecule has 0 atom stereocenters. The van der Waals surface area contributed by atoms with E-state index in [2.05, 4.69) is 11.5 Å². The van der Waals surface area contributed by atoms with Gasteiger partial charge < -0.3 is 5.73 Å². The summed E-state index contributed by atoms with van der Waals surface area (Å²) >= 11 is 0. The van der Waals surface area contributed by atoms with Gasteiger partial charge >= 0.3 is 0 Å². The molecule has 56 valence electrons. The van der Waals surface area contributed by atoms with Crippen LogP contribution in [0.2, 0.25) is 0 Å². The number of likely N-dealkylation sites (tertiary alicyclic amines) is 1. The summed E-state index contributed by atoms with van der Waals surface area (Å²) in [6.07, 6.45) is 1.83. The lowest BCUT2D eigenvalue weighted by Crippen LogP contribution is -2.52. The molecule has 1 aliphatic rings. The Balaban J connectivity index is 2.17. The molecule has 1 fully saturated rings. The summed E-state index contributed by atoms with van der Waals surface area (Å²) in [5.74, 6) is -0.0970. The maximum atomic E-state index is 10.5. The third-order valence-corrected chi connectivity index (χ3v) is 1.75. The Labute approximate surface area is 60.5 Å². The van der Waals surface area contributed by atoms with Crippen molar-refractivity contribution in [2.24, 2.45) is 11.7 Å². The van der Waals surface area contributed by atoms with Gasteiger partial charge in [0.15, 0.2) is 0 Å². The van der Waals surface area contributed by atoms with Crippen molar-refractivity contribution in [3.63, 3.8) is 0 Å². The second-order valence-corrected chi connectivity index (χ2v) is 2.61. The number of amides is 1. The maximum Gasteiger partial charge on any atom is 0.223 e. The van der Waals surface area contributed by atoms with Crippen molar-refractivity contribution in [2.45, 2.75) is 0 Å². The molecule has 1 heterocycles. The molecule has 0 aromatic heterocycles. The maximum absolute atomic E-state index is 10.5. The number of nitrogens with zero attached hydrogens (tertiary/aromatic N) is 1. The molecule has 1 amide bonds. The summed E-state index contributed by atoms with van der Waals surface area (Å²) < 4.78 is 0. The van der Waals surface area contributed by atoms with Crippen LogP contribution in [0.1, 0.15) is 0 Å². The summed E-state index contributed by atoms with van der Waals surface area (Å²) in [6.45, 7) is 6.07. The predicted molar refractivity (Wildman–Crippen MR) is 39.3 cm³/mol. The summed E-state index contributed by atoms with van der Waals surface area (Å²) in [7, 11) is 0. The Bertz CT molecular complexity index is 150. The SMILES string of the molecule is C=CCN1CC(C(N)=O)C1. The zero-order chi connectivity index (χ0) is 7.56. The largest absolute Gasteiger partial charge is 0.369 e. The molecule has 0 radical (unpaired) electrons. The van der Waals surface area contributed by atoms with E-state index in [0.717, 1.165) is 19.6 Å². The highest BCUT2D eigenvalue weighted by Crippen LogP contribution is 2.13. The van der Waals surface area contributed by atoms with Crippen molar-refractivity contribution >= 4 is 5.91 Å². The summed E-state index contributed by atoms with van der Waals surface area (Å²) in [6, 6.07) is 0. The van der Waals surface area contributed by atoms with Crippen LogP contribution in [0.25, 0.3) is 0 Å². The van der Waals surface area contributed by atoms with Gasteiger partial charge in [-0.25, -0.2) is 0 Å². The average molecular weight is 140 g/mol. The van der Waals surface area contributed by atoms with Crippen molar-refractivity contribution in [3.8, 4) is 0 Å². The Kier molecular flexibility index (Phi) is 2.06. The third-order valence-electron chi connectivity index (χ3n) is 1.75. The first-order chi connectivity index (χ1) is 4.74. The molecule has 1 rings (SSSR count). The van der Waals surface area contributed by atoms with Crippen LogP contribution in [0.3, 0.4) is 0 Å². The van der Waals surface area contributed by atoms with Gasteiger partial charge in [0.25, 0.3) is 0 Å². The van der Waals surface area contributed by atoms with Gasteiger partial charge in [-0.3, -0.25) is 9.69 Å². The molecule has 0 aromatic rings. The zero-order valence-electron chi connectivity index (χ0n) is 5.92. The molecule has 0 saturated carbocycles. The lowest BCUT2D eigenvalue weighted by molar-refractivity contribution is -0.126. The number of rotatable bonds is 3. The molecule has 0 aromatic carbocycles. The molecule has 3 heteroatoms. The monoisotopic (exact) mass is 140 g/mol. The average Bonchev–Trinajstić information content (AvgIpc) is 1.76. The first kappa shape index (κ1) is 7.28. The molecule has 0 bridgehead atoms. The van der Waals surface area contributed by atoms with E-state index in [-0.39, 0.29) is 11.8 Å². The van der Waals surface area contributed by atoms with Crippen molar-refractivity contribution < 1.29 is 4.79 Å². The Morgan fingerprint density at radius 3 is 2.80 bits per heavy atom. The standard InChI is InChI=1S/C7H12N2O/c1-2-3-9-4-6(5-9)7(8)10/h2,6H,1,3-5H2,(H2,8,10). The highest BCUT2D eigenvalue weighted by atomic mass is 16.1. The van der Waals surface area contributed by atoms with Crippen LogP contribution in [0.4, 0.5) is 0 Å². The van der Waals surface area contributed by atoms with Crippen molar-refractivity contribution in [1.82, 2.24) is 4.90 Å². The van der Waals surface area contributed by atoms with E-state index in [4.69, 9.17) is 5.73 Å². The Morgan fingerprint density at radius 1 is 1.80 bits per heavy atom. The van der Waals surface area contributed by atoms with Crippen LogP contribution < -0.4 is 5.73 Å². The van der Waals surface area contributed by atoms with Gasteiger partial charge in [0.2, 0.25) is 5.91 Å². The summed E-state index contributed by atoms with van der Waals surface area (Å²) in [4.78, 5) is 12.6. The number of carbonyl (C=O) groups is 1. The number of primary amides is 1. The Morgan fingerprint density at radius 2 is 2.40 bits per heavy atom. The smallest absolute Gasteiger partial charge is 0.223 e. The van der Waals surface area contributed by atoms with E-state index in [1.165, 1.54) is 0 Å². The van der Waals surface area contributed by atoms with E-state index >= 15 is 0 Å². The molecule has 0 spiro atoms. The lowest BCUT2D eigenvalue weighted by atomic mass is 10.00. The molecule has 3 nitrogen and oxygen atoms in total. The molecule has 0 aliphatic carbocycles. The number of nitrogens with two attached hydrogens (primary N) is 1. The highest BCUT2D eigenvalue weighted by Gasteiger charge is 2.29. The molecule has 10 heavy (non-hydrogen) atoms. The number of hydrogen-bond donors (Lipinski definition) is 1. The van der Waals surface area contributed by atoms with Gasteiger partial charge in [-0.15, -0.1) is 6.58 Å². The van der Waals surface area contributed by atoms with Crippen LogP contribution in [-0.2, 0) is 4.79 Å². The van der Waals surface area contributed by atoms with Gasteiger partial charge in [-0.1, -0.05) is 6.08 Å². The van der Waals surface area contributed by atoms with Gasteiger partial charge in [-0.2, -0.15) is 0 Å². The van der Waals surface area contributed by atoms with Crippen molar-refractivity contribution in [3.05, 3.63) is 12.7 Å². The zero-order valence-corrected chi connectivity index (χ0v) is 5.92. The van der Waals surface area contributed by atoms with Crippen molar-refractivity contribution in [1.29, 1.82) is 0 Å². The van der Waals surface area contributed by atoms with Gasteiger partial charge in [0.05, 0.1) is 5.92 Å². The van der Waals surface area contributed by atoms with Crippen LogP contribution in [-0.4, -0.2) is 30.4 Å². The quantitative estimate of drug-likeness (QED) is 0.542. The molecular weight excluding hydrogens is 128 g/mol.